The predicted molar refractivity (Wildman–Crippen MR) is 140 cm³/mol. The largest absolute Gasteiger partial charge is 0.494 e. The molecule has 0 unspecified atom stereocenters. The van der Waals surface area contributed by atoms with Gasteiger partial charge in [-0.2, -0.15) is 0 Å². The maximum Gasteiger partial charge on any atom is 0.185 e. The van der Waals surface area contributed by atoms with Crippen molar-refractivity contribution >= 4 is 11.4 Å². The van der Waals surface area contributed by atoms with E-state index < -0.39 is 5.82 Å². The molecule has 0 saturated heterocycles. The highest BCUT2D eigenvalue weighted by Gasteiger charge is 2.26. The third kappa shape index (κ3) is 4.70. The summed E-state index contributed by atoms with van der Waals surface area (Å²) in [6.45, 7) is 0.316. The first-order chi connectivity index (χ1) is 20.1. The molecule has 0 atom stereocenters. The van der Waals surface area contributed by atoms with Crippen molar-refractivity contribution in [2.75, 3.05) is 7.11 Å². The average molecular weight is 555 g/mol. The Kier molecular flexibility index (Phi) is 6.02. The van der Waals surface area contributed by atoms with Crippen LogP contribution >= 0.6 is 0 Å². The lowest BCUT2D eigenvalue weighted by molar-refractivity contribution is 0.0977. The van der Waals surface area contributed by atoms with Crippen LogP contribution in [0.3, 0.4) is 0 Å². The van der Waals surface area contributed by atoms with E-state index in [1.165, 1.54) is 42.6 Å². The molecule has 1 aliphatic rings. The number of ether oxygens (including phenoxy) is 1. The Morgan fingerprint density at radius 2 is 1.90 bits per heavy atom. The van der Waals surface area contributed by atoms with Gasteiger partial charge in [0.05, 0.1) is 36.9 Å². The second-order valence-corrected chi connectivity index (χ2v) is 9.82. The lowest BCUT2D eigenvalue weighted by Gasteiger charge is -2.12. The van der Waals surface area contributed by atoms with E-state index in [2.05, 4.69) is 48.3 Å². The lowest BCUT2D eigenvalue weighted by atomic mass is 10.0. The summed E-state index contributed by atoms with van der Waals surface area (Å²) in [6.07, 6.45) is 12.7. The molecule has 0 aliphatic heterocycles. The Hall–Kier alpha value is -5.34. The normalized spacial score (nSPS) is 13.2. The summed E-state index contributed by atoms with van der Waals surface area (Å²) >= 11 is 0. The van der Waals surface area contributed by atoms with Gasteiger partial charge in [0, 0.05) is 24.4 Å². The number of imidazole rings is 1. The maximum absolute atomic E-state index is 15.1. The molecule has 5 heterocycles. The molecule has 0 amide bonds. The molecular formula is C26H23FN12O2. The quantitative estimate of drug-likeness (QED) is 0.231. The molecule has 15 heteroatoms. The molecule has 1 aromatic carbocycles. The number of hydrogen-bond donors (Lipinski definition) is 0. The molecule has 41 heavy (non-hydrogen) atoms. The number of carbonyl (C=O) groups excluding carboxylic acids is 1. The van der Waals surface area contributed by atoms with Gasteiger partial charge in [-0.25, -0.2) is 18.7 Å². The molecular weight excluding hydrogens is 531 g/mol. The monoisotopic (exact) mass is 554 g/mol. The number of halogens is 1. The fourth-order valence-electron chi connectivity index (χ4n) is 4.89. The second kappa shape index (κ2) is 10.0. The number of benzene rings is 1. The van der Waals surface area contributed by atoms with Crippen molar-refractivity contribution in [3.63, 3.8) is 0 Å². The number of aromatic nitrogens is 12. The Morgan fingerprint density at radius 3 is 2.66 bits per heavy atom. The number of pyridine rings is 1. The van der Waals surface area contributed by atoms with Crippen molar-refractivity contribution in [2.24, 2.45) is 0 Å². The van der Waals surface area contributed by atoms with Gasteiger partial charge in [-0.15, -0.1) is 20.4 Å². The van der Waals surface area contributed by atoms with Gasteiger partial charge >= 0.3 is 0 Å². The van der Waals surface area contributed by atoms with Crippen LogP contribution in [0.1, 0.15) is 52.5 Å². The second-order valence-electron chi connectivity index (χ2n) is 9.82. The molecule has 6 aromatic rings. The zero-order valence-corrected chi connectivity index (χ0v) is 21.9. The van der Waals surface area contributed by atoms with E-state index in [9.17, 15) is 4.79 Å². The minimum Gasteiger partial charge on any atom is -0.494 e. The van der Waals surface area contributed by atoms with Gasteiger partial charge in [0.25, 0.3) is 0 Å². The minimum atomic E-state index is -0.570. The van der Waals surface area contributed by atoms with E-state index >= 15 is 4.39 Å². The Bertz CT molecular complexity index is 1850. The smallest absolute Gasteiger partial charge is 0.185 e. The number of tetrazole rings is 1. The van der Waals surface area contributed by atoms with E-state index in [0.29, 0.717) is 18.2 Å². The van der Waals surface area contributed by atoms with Crippen molar-refractivity contribution in [2.45, 2.75) is 38.1 Å². The van der Waals surface area contributed by atoms with E-state index in [-0.39, 0.29) is 35.6 Å². The molecule has 0 radical (unpaired) electrons. The van der Waals surface area contributed by atoms with Gasteiger partial charge in [0.2, 0.25) is 0 Å². The van der Waals surface area contributed by atoms with Gasteiger partial charge < -0.3 is 9.14 Å². The molecule has 7 rings (SSSR count). The summed E-state index contributed by atoms with van der Waals surface area (Å²) in [6, 6.07) is 5.27. The van der Waals surface area contributed by atoms with Crippen LogP contribution < -0.4 is 4.74 Å². The molecule has 1 fully saturated rings. The first-order valence-electron chi connectivity index (χ1n) is 13.0. The minimum absolute atomic E-state index is 0.00147. The molecule has 1 saturated carbocycles. The van der Waals surface area contributed by atoms with Crippen LogP contribution in [-0.2, 0) is 13.0 Å². The highest BCUT2D eigenvalue weighted by atomic mass is 19.1. The van der Waals surface area contributed by atoms with Crippen LogP contribution in [0.15, 0.2) is 55.8 Å². The lowest BCUT2D eigenvalue weighted by Crippen LogP contribution is -2.08. The number of carbonyl (C=O) groups is 1. The molecule has 1 aliphatic carbocycles. The first-order valence-corrected chi connectivity index (χ1v) is 13.0. The number of rotatable bonds is 10. The zero-order chi connectivity index (χ0) is 27.9. The van der Waals surface area contributed by atoms with Crippen LogP contribution in [0, 0.1) is 5.82 Å². The van der Waals surface area contributed by atoms with E-state index in [4.69, 9.17) is 9.72 Å². The van der Waals surface area contributed by atoms with Crippen molar-refractivity contribution in [3.8, 4) is 17.1 Å². The third-order valence-corrected chi connectivity index (χ3v) is 7.10. The molecule has 206 valence electrons. The predicted octanol–water partition coefficient (Wildman–Crippen LogP) is 2.37. The Balaban J connectivity index is 1.10. The number of nitrogens with zero attached hydrogens (tertiary/aromatic N) is 12. The summed E-state index contributed by atoms with van der Waals surface area (Å²) in [5.41, 5.74) is 4.52. The van der Waals surface area contributed by atoms with E-state index in [1.807, 2.05) is 15.2 Å². The topological polar surface area (TPSA) is 149 Å². The Morgan fingerprint density at radius 1 is 1.05 bits per heavy atom. The molecule has 5 aromatic heterocycles. The molecule has 0 spiro atoms. The van der Waals surface area contributed by atoms with Crippen LogP contribution in [0.5, 0.6) is 5.75 Å². The Labute approximate surface area is 231 Å². The SMILES string of the molecule is COc1ccc(-n2cnnn2)c(CCC(=O)c2cn(Cc3cn4cc(C5CC5)cc(-n5cnnc5)c4n3)nn2)c1F. The van der Waals surface area contributed by atoms with Crippen molar-refractivity contribution in [3.05, 3.63) is 84.1 Å². The van der Waals surface area contributed by atoms with Gasteiger partial charge in [-0.3, -0.25) is 9.36 Å². The van der Waals surface area contributed by atoms with Gasteiger partial charge in [0.15, 0.2) is 23.0 Å². The van der Waals surface area contributed by atoms with E-state index in [0.717, 1.165) is 17.0 Å². The van der Waals surface area contributed by atoms with Crippen molar-refractivity contribution in [1.82, 2.24) is 59.4 Å². The number of hydrogen-bond acceptors (Lipinski definition) is 10. The summed E-state index contributed by atoms with van der Waals surface area (Å²) in [5, 5.41) is 27.2. The fourth-order valence-corrected chi connectivity index (χ4v) is 4.89. The van der Waals surface area contributed by atoms with Crippen molar-refractivity contribution in [1.29, 1.82) is 0 Å². The highest BCUT2D eigenvalue weighted by molar-refractivity contribution is 5.94. The van der Waals surface area contributed by atoms with Crippen LogP contribution in [0.25, 0.3) is 17.0 Å². The zero-order valence-electron chi connectivity index (χ0n) is 21.9. The van der Waals surface area contributed by atoms with Crippen molar-refractivity contribution < 1.29 is 13.9 Å². The van der Waals surface area contributed by atoms with E-state index in [1.54, 1.807) is 29.6 Å². The summed E-state index contributed by atoms with van der Waals surface area (Å²) < 4.78 is 27.0. The number of Topliss-reactive ketones (excluding diaryl/α,β-unsaturated/α-hetero) is 1. The average Bonchev–Trinajstić information content (AvgIpc) is 3.46. The number of fused-ring (bicyclic) bond motifs is 1. The third-order valence-electron chi connectivity index (χ3n) is 7.10. The first kappa shape index (κ1) is 24.7. The maximum atomic E-state index is 15.1. The standard InChI is InChI=1S/C26H23FN12O2/c1-41-24-7-5-21(39-15-30-33-35-39)19(25(24)27)4-6-23(40)20-12-38(34-32-20)11-18-10-36-9-17(16-2-3-16)8-22(26(36)31-18)37-13-28-29-14-37/h5,7-10,12-16H,2-4,6,11H2,1H3. The van der Waals surface area contributed by atoms with Gasteiger partial charge in [-0.05, 0) is 59.4 Å². The fraction of sp³-hybridized carbons (Fsp3) is 0.269. The number of ketones is 1. The number of methoxy groups -OCH3 is 1. The summed E-state index contributed by atoms with van der Waals surface area (Å²) in [7, 11) is 1.38. The summed E-state index contributed by atoms with van der Waals surface area (Å²) in [4.78, 5) is 17.8. The van der Waals surface area contributed by atoms with Gasteiger partial charge in [0.1, 0.15) is 24.7 Å². The van der Waals surface area contributed by atoms with Crippen LogP contribution in [-0.4, -0.2) is 72.2 Å². The molecule has 0 N–H and O–H groups in total. The van der Waals surface area contributed by atoms with Crippen LogP contribution in [0.4, 0.5) is 4.39 Å². The molecule has 14 nitrogen and oxygen atoms in total. The van der Waals surface area contributed by atoms with Gasteiger partial charge in [-0.1, -0.05) is 5.21 Å². The van der Waals surface area contributed by atoms with Crippen LogP contribution in [0.2, 0.25) is 0 Å². The summed E-state index contributed by atoms with van der Waals surface area (Å²) in [5.74, 6) is -0.224. The highest BCUT2D eigenvalue weighted by Crippen LogP contribution is 2.41. The molecule has 0 bridgehead atoms.